The van der Waals surface area contributed by atoms with Crippen molar-refractivity contribution in [3.05, 3.63) is 11.5 Å². The Kier molecular flexibility index (Phi) is 5.09. The monoisotopic (exact) mass is 319 g/mol. The summed E-state index contributed by atoms with van der Waals surface area (Å²) in [5.41, 5.74) is 0. The lowest BCUT2D eigenvalue weighted by Crippen LogP contribution is -2.43. The van der Waals surface area contributed by atoms with Crippen molar-refractivity contribution in [3.63, 3.8) is 0 Å². The molecule has 1 atom stereocenters. The number of hydrogen-bond acceptors (Lipinski definition) is 3. The van der Waals surface area contributed by atoms with Crippen molar-refractivity contribution in [2.45, 2.75) is 56.5 Å². The molecule has 1 aliphatic rings. The number of aromatic nitrogens is 2. The summed E-state index contributed by atoms with van der Waals surface area (Å²) < 4.78 is 29.1. The van der Waals surface area contributed by atoms with Crippen LogP contribution in [0.15, 0.2) is 11.4 Å². The van der Waals surface area contributed by atoms with E-state index in [0.29, 0.717) is 5.92 Å². The molecule has 1 N–H and O–H groups in total. The van der Waals surface area contributed by atoms with Crippen LogP contribution < -0.4 is 4.72 Å². The van der Waals surface area contributed by atoms with E-state index < -0.39 is 10.0 Å². The number of halogens is 1. The van der Waals surface area contributed by atoms with Crippen LogP contribution in [0, 0.1) is 5.92 Å². The molecule has 1 aliphatic carbocycles. The first-order valence-corrected chi connectivity index (χ1v) is 9.01. The average Bonchev–Trinajstić information content (AvgIpc) is 2.65. The number of unbranched alkanes of at least 4 members (excludes halogenated alkanes) is 1. The highest BCUT2D eigenvalue weighted by Crippen LogP contribution is 2.32. The summed E-state index contributed by atoms with van der Waals surface area (Å²) in [5.74, 6) is 0.457. The Balaban J connectivity index is 2.13. The Labute approximate surface area is 125 Å². The summed E-state index contributed by atoms with van der Waals surface area (Å²) in [6, 6.07) is 0.00627. The molecule has 1 saturated carbocycles. The standard InChI is InChI=1S/C13H22ClN3O2S/c1-3-4-8-11(10-6-5-7-10)16-20(18,19)13-12(14)17(2)9-15-13/h9-11,16H,3-8H2,1-2H3. The molecule has 0 aliphatic heterocycles. The van der Waals surface area contributed by atoms with Crippen molar-refractivity contribution in [1.82, 2.24) is 14.3 Å². The van der Waals surface area contributed by atoms with E-state index in [1.807, 2.05) is 0 Å². The number of rotatable bonds is 7. The summed E-state index contributed by atoms with van der Waals surface area (Å²) in [6.45, 7) is 2.11. The molecule has 1 unspecified atom stereocenters. The van der Waals surface area contributed by atoms with Crippen molar-refractivity contribution in [3.8, 4) is 0 Å². The lowest BCUT2D eigenvalue weighted by Gasteiger charge is -2.34. The summed E-state index contributed by atoms with van der Waals surface area (Å²) in [7, 11) is -1.96. The van der Waals surface area contributed by atoms with Gasteiger partial charge in [-0.3, -0.25) is 0 Å². The van der Waals surface area contributed by atoms with Crippen LogP contribution in [-0.4, -0.2) is 24.0 Å². The molecule has 0 saturated heterocycles. The van der Waals surface area contributed by atoms with Gasteiger partial charge in [0.25, 0.3) is 10.0 Å². The predicted molar refractivity (Wildman–Crippen MR) is 79.2 cm³/mol. The second-order valence-electron chi connectivity index (χ2n) is 5.51. The molecule has 0 amide bonds. The van der Waals surface area contributed by atoms with Gasteiger partial charge in [-0.25, -0.2) is 18.1 Å². The topological polar surface area (TPSA) is 64.0 Å². The maximum atomic E-state index is 12.4. The molecule has 0 spiro atoms. The largest absolute Gasteiger partial charge is 0.324 e. The van der Waals surface area contributed by atoms with Gasteiger partial charge in [-0.2, -0.15) is 0 Å². The summed E-state index contributed by atoms with van der Waals surface area (Å²) in [6.07, 6.45) is 7.79. The van der Waals surface area contributed by atoms with Crippen molar-refractivity contribution in [2.75, 3.05) is 0 Å². The summed E-state index contributed by atoms with van der Waals surface area (Å²) in [4.78, 5) is 3.90. The zero-order valence-electron chi connectivity index (χ0n) is 12.0. The quantitative estimate of drug-likeness (QED) is 0.840. The Morgan fingerprint density at radius 2 is 2.25 bits per heavy atom. The van der Waals surface area contributed by atoms with E-state index in [9.17, 15) is 8.42 Å². The first-order valence-electron chi connectivity index (χ1n) is 7.15. The van der Waals surface area contributed by atoms with Crippen LogP contribution in [0.25, 0.3) is 0 Å². The van der Waals surface area contributed by atoms with Gasteiger partial charge in [0.05, 0.1) is 6.33 Å². The Hall–Kier alpha value is -0.590. The van der Waals surface area contributed by atoms with Gasteiger partial charge in [0.1, 0.15) is 5.15 Å². The van der Waals surface area contributed by atoms with Gasteiger partial charge in [0.15, 0.2) is 0 Å². The molecule has 1 aromatic rings. The molecule has 0 bridgehead atoms. The second kappa shape index (κ2) is 6.45. The van der Waals surface area contributed by atoms with Gasteiger partial charge in [-0.15, -0.1) is 0 Å². The SMILES string of the molecule is CCCCC(NS(=O)(=O)c1ncn(C)c1Cl)C1CCC1. The molecule has 2 rings (SSSR count). The van der Waals surface area contributed by atoms with Gasteiger partial charge in [0.2, 0.25) is 5.03 Å². The minimum Gasteiger partial charge on any atom is -0.324 e. The minimum atomic E-state index is -3.63. The normalized spacial score (nSPS) is 17.9. The molecular formula is C13H22ClN3O2S. The molecule has 7 heteroatoms. The fraction of sp³-hybridized carbons (Fsp3) is 0.769. The number of nitrogens with one attached hydrogen (secondary N) is 1. The summed E-state index contributed by atoms with van der Waals surface area (Å²) >= 11 is 5.99. The Morgan fingerprint density at radius 1 is 1.55 bits per heavy atom. The first-order chi connectivity index (χ1) is 9.45. The minimum absolute atomic E-state index is 0.00627. The van der Waals surface area contributed by atoms with Crippen LogP contribution >= 0.6 is 11.6 Å². The summed E-state index contributed by atoms with van der Waals surface area (Å²) in [5, 5.41) is 0.0860. The Morgan fingerprint density at radius 3 is 2.70 bits per heavy atom. The van der Waals surface area contributed by atoms with Crippen LogP contribution in [0.4, 0.5) is 0 Å². The predicted octanol–water partition coefficient (Wildman–Crippen LogP) is 2.71. The first kappa shape index (κ1) is 15.8. The highest BCUT2D eigenvalue weighted by Gasteiger charge is 2.32. The smallest absolute Gasteiger partial charge is 0.261 e. The van der Waals surface area contributed by atoms with E-state index in [-0.39, 0.29) is 16.2 Å². The zero-order valence-corrected chi connectivity index (χ0v) is 13.5. The fourth-order valence-electron chi connectivity index (χ4n) is 2.49. The number of aryl methyl sites for hydroxylation is 1. The van der Waals surface area contributed by atoms with Crippen molar-refractivity contribution in [2.24, 2.45) is 13.0 Å². The van der Waals surface area contributed by atoms with E-state index >= 15 is 0 Å². The molecule has 1 fully saturated rings. The van der Waals surface area contributed by atoms with E-state index in [0.717, 1.165) is 32.1 Å². The fourth-order valence-corrected chi connectivity index (χ4v) is 4.26. The molecular weight excluding hydrogens is 298 g/mol. The van der Waals surface area contributed by atoms with Gasteiger partial charge >= 0.3 is 0 Å². The average molecular weight is 320 g/mol. The molecule has 0 radical (unpaired) electrons. The van der Waals surface area contributed by atoms with Gasteiger partial charge < -0.3 is 4.57 Å². The van der Waals surface area contributed by atoms with Crippen molar-refractivity contribution in [1.29, 1.82) is 0 Å². The van der Waals surface area contributed by atoms with E-state index in [2.05, 4.69) is 16.6 Å². The highest BCUT2D eigenvalue weighted by molar-refractivity contribution is 7.89. The van der Waals surface area contributed by atoms with Gasteiger partial charge in [-0.1, -0.05) is 37.8 Å². The third-order valence-electron chi connectivity index (χ3n) is 3.98. The maximum absolute atomic E-state index is 12.4. The van der Waals surface area contributed by atoms with E-state index in [1.54, 1.807) is 7.05 Å². The third-order valence-corrected chi connectivity index (χ3v) is 5.96. The molecule has 20 heavy (non-hydrogen) atoms. The molecule has 114 valence electrons. The number of sulfonamides is 1. The maximum Gasteiger partial charge on any atom is 0.261 e. The van der Waals surface area contributed by atoms with Crippen molar-refractivity contribution >= 4 is 21.6 Å². The lowest BCUT2D eigenvalue weighted by atomic mass is 9.78. The van der Waals surface area contributed by atoms with Crippen LogP contribution in [-0.2, 0) is 17.1 Å². The number of nitrogens with zero attached hydrogens (tertiary/aromatic N) is 2. The molecule has 0 aromatic carbocycles. The van der Waals surface area contributed by atoms with Crippen LogP contribution in [0.1, 0.15) is 45.4 Å². The highest BCUT2D eigenvalue weighted by atomic mass is 35.5. The Bertz CT molecular complexity index is 552. The molecule has 5 nitrogen and oxygen atoms in total. The van der Waals surface area contributed by atoms with Crippen molar-refractivity contribution < 1.29 is 8.42 Å². The number of imidazole rings is 1. The lowest BCUT2D eigenvalue weighted by molar-refractivity contribution is 0.236. The second-order valence-corrected chi connectivity index (χ2v) is 7.50. The van der Waals surface area contributed by atoms with Crippen LogP contribution in [0.5, 0.6) is 0 Å². The zero-order chi connectivity index (χ0) is 14.8. The van der Waals surface area contributed by atoms with Crippen LogP contribution in [0.2, 0.25) is 5.15 Å². The molecule has 1 heterocycles. The van der Waals surface area contributed by atoms with Gasteiger partial charge in [0, 0.05) is 13.1 Å². The molecule has 1 aromatic heterocycles. The van der Waals surface area contributed by atoms with Crippen LogP contribution in [0.3, 0.4) is 0 Å². The third kappa shape index (κ3) is 3.35. The van der Waals surface area contributed by atoms with E-state index in [4.69, 9.17) is 11.6 Å². The van der Waals surface area contributed by atoms with E-state index in [1.165, 1.54) is 17.3 Å². The van der Waals surface area contributed by atoms with Gasteiger partial charge in [-0.05, 0) is 25.2 Å². The number of hydrogen-bond donors (Lipinski definition) is 1.